The number of aromatic nitrogens is 1. The minimum atomic E-state index is 0.0166. The number of hydrogen-bond acceptors (Lipinski definition) is 5. The van der Waals surface area contributed by atoms with Crippen LogP contribution in [0.2, 0.25) is 0 Å². The number of benzene rings is 1. The normalized spacial score (nSPS) is 11.8. The highest BCUT2D eigenvalue weighted by atomic mass is 16.5. The summed E-state index contributed by atoms with van der Waals surface area (Å²) in [5.41, 5.74) is 1.83. The Morgan fingerprint density at radius 3 is 2.86 bits per heavy atom. The van der Waals surface area contributed by atoms with Crippen molar-refractivity contribution in [1.29, 1.82) is 0 Å². The summed E-state index contributed by atoms with van der Waals surface area (Å²) in [5, 5.41) is 13.0. The third-order valence-corrected chi connectivity index (χ3v) is 3.13. The van der Waals surface area contributed by atoms with E-state index in [1.54, 1.807) is 12.3 Å². The van der Waals surface area contributed by atoms with Crippen LogP contribution in [0.3, 0.4) is 0 Å². The summed E-state index contributed by atoms with van der Waals surface area (Å²) in [6.45, 7) is 4.51. The van der Waals surface area contributed by atoms with Crippen LogP contribution >= 0.6 is 0 Å². The quantitative estimate of drug-likeness (QED) is 0.853. The van der Waals surface area contributed by atoms with Gasteiger partial charge in [0.2, 0.25) is 5.88 Å². The first-order valence-corrected chi connectivity index (χ1v) is 6.87. The number of phenolic OH excluding ortho intramolecular Hbond substituents is 1. The Labute approximate surface area is 124 Å². The summed E-state index contributed by atoms with van der Waals surface area (Å²) in [4.78, 5) is 4.21. The van der Waals surface area contributed by atoms with Crippen LogP contribution in [0.5, 0.6) is 17.4 Å². The number of anilines is 1. The van der Waals surface area contributed by atoms with E-state index in [9.17, 15) is 5.11 Å². The molecule has 0 amide bonds. The molecule has 0 radical (unpaired) electrons. The molecule has 1 atom stereocenters. The molecule has 1 aromatic heterocycles. The van der Waals surface area contributed by atoms with E-state index in [0.717, 1.165) is 11.3 Å². The first kappa shape index (κ1) is 15.0. The van der Waals surface area contributed by atoms with Crippen LogP contribution in [-0.4, -0.2) is 23.8 Å². The molecule has 1 heterocycles. The maximum atomic E-state index is 9.65. The zero-order valence-corrected chi connectivity index (χ0v) is 12.5. The molecule has 0 aliphatic carbocycles. The molecule has 0 aliphatic rings. The number of phenols is 1. The molecule has 0 aliphatic heterocycles. The van der Waals surface area contributed by atoms with Crippen LogP contribution in [0, 0.1) is 0 Å². The number of methoxy groups -OCH3 is 1. The molecule has 0 spiro atoms. The molecule has 0 fully saturated rings. The van der Waals surface area contributed by atoms with E-state index in [0.29, 0.717) is 18.2 Å². The SMILES string of the molecule is CCOc1ncccc1NC(C)c1ccc(O)c(OC)c1. The highest BCUT2D eigenvalue weighted by molar-refractivity contribution is 5.54. The van der Waals surface area contributed by atoms with E-state index in [4.69, 9.17) is 9.47 Å². The predicted molar refractivity (Wildman–Crippen MR) is 82.1 cm³/mol. The van der Waals surface area contributed by atoms with Crippen molar-refractivity contribution in [2.24, 2.45) is 0 Å². The van der Waals surface area contributed by atoms with E-state index in [2.05, 4.69) is 10.3 Å². The fourth-order valence-corrected chi connectivity index (χ4v) is 2.03. The van der Waals surface area contributed by atoms with Crippen molar-refractivity contribution in [2.45, 2.75) is 19.9 Å². The Balaban J connectivity index is 2.20. The smallest absolute Gasteiger partial charge is 0.237 e. The maximum Gasteiger partial charge on any atom is 0.237 e. The zero-order chi connectivity index (χ0) is 15.2. The number of pyridine rings is 1. The third-order valence-electron chi connectivity index (χ3n) is 3.13. The monoisotopic (exact) mass is 288 g/mol. The van der Waals surface area contributed by atoms with Gasteiger partial charge in [-0.15, -0.1) is 0 Å². The molecule has 2 aromatic rings. The van der Waals surface area contributed by atoms with Gasteiger partial charge in [0, 0.05) is 12.2 Å². The lowest BCUT2D eigenvalue weighted by Crippen LogP contribution is -2.09. The van der Waals surface area contributed by atoms with Crippen LogP contribution in [0.25, 0.3) is 0 Å². The lowest BCUT2D eigenvalue weighted by molar-refractivity contribution is 0.328. The average molecular weight is 288 g/mol. The predicted octanol–water partition coefficient (Wildman–Crippen LogP) is 3.37. The summed E-state index contributed by atoms with van der Waals surface area (Å²) in [6, 6.07) is 9.08. The summed E-state index contributed by atoms with van der Waals surface area (Å²) in [5.74, 6) is 1.17. The summed E-state index contributed by atoms with van der Waals surface area (Å²) in [6.07, 6.45) is 1.70. The standard InChI is InChI=1S/C16H20N2O3/c1-4-21-16-13(6-5-9-17-16)18-11(2)12-7-8-14(19)15(10-12)20-3/h5-11,18-19H,4H2,1-3H3. The highest BCUT2D eigenvalue weighted by Crippen LogP contribution is 2.31. The Morgan fingerprint density at radius 2 is 2.14 bits per heavy atom. The lowest BCUT2D eigenvalue weighted by Gasteiger charge is -2.18. The molecule has 1 aromatic carbocycles. The molecular weight excluding hydrogens is 268 g/mol. The second-order valence-electron chi connectivity index (χ2n) is 4.59. The van der Waals surface area contributed by atoms with Crippen LogP contribution < -0.4 is 14.8 Å². The van der Waals surface area contributed by atoms with Gasteiger partial charge in [-0.25, -0.2) is 4.98 Å². The van der Waals surface area contributed by atoms with Gasteiger partial charge >= 0.3 is 0 Å². The van der Waals surface area contributed by atoms with E-state index >= 15 is 0 Å². The second-order valence-corrected chi connectivity index (χ2v) is 4.59. The Hall–Kier alpha value is -2.43. The van der Waals surface area contributed by atoms with Gasteiger partial charge in [0.05, 0.1) is 19.4 Å². The molecule has 5 nitrogen and oxygen atoms in total. The van der Waals surface area contributed by atoms with Gasteiger partial charge in [-0.3, -0.25) is 0 Å². The topological polar surface area (TPSA) is 63.6 Å². The first-order valence-electron chi connectivity index (χ1n) is 6.87. The van der Waals surface area contributed by atoms with Crippen molar-refractivity contribution in [1.82, 2.24) is 4.98 Å². The Bertz CT molecular complexity index is 602. The second kappa shape index (κ2) is 6.83. The number of hydrogen-bond donors (Lipinski definition) is 2. The summed E-state index contributed by atoms with van der Waals surface area (Å²) >= 11 is 0. The summed E-state index contributed by atoms with van der Waals surface area (Å²) < 4.78 is 10.6. The van der Waals surface area contributed by atoms with E-state index in [1.165, 1.54) is 7.11 Å². The first-order chi connectivity index (χ1) is 10.2. The van der Waals surface area contributed by atoms with Gasteiger partial charge in [-0.2, -0.15) is 0 Å². The number of nitrogens with one attached hydrogen (secondary N) is 1. The van der Waals surface area contributed by atoms with Crippen molar-refractivity contribution >= 4 is 5.69 Å². The fraction of sp³-hybridized carbons (Fsp3) is 0.312. The van der Waals surface area contributed by atoms with E-state index < -0.39 is 0 Å². The maximum absolute atomic E-state index is 9.65. The molecular formula is C16H20N2O3. The Morgan fingerprint density at radius 1 is 1.33 bits per heavy atom. The molecule has 21 heavy (non-hydrogen) atoms. The third kappa shape index (κ3) is 3.56. The summed E-state index contributed by atoms with van der Waals surface area (Å²) in [7, 11) is 1.53. The van der Waals surface area contributed by atoms with Gasteiger partial charge in [-0.1, -0.05) is 6.07 Å². The zero-order valence-electron chi connectivity index (χ0n) is 12.5. The lowest BCUT2D eigenvalue weighted by atomic mass is 10.1. The molecule has 2 rings (SSSR count). The highest BCUT2D eigenvalue weighted by Gasteiger charge is 2.12. The minimum Gasteiger partial charge on any atom is -0.504 e. The van der Waals surface area contributed by atoms with Crippen molar-refractivity contribution in [3.8, 4) is 17.4 Å². The van der Waals surface area contributed by atoms with Gasteiger partial charge < -0.3 is 19.9 Å². The number of ether oxygens (including phenoxy) is 2. The fourth-order valence-electron chi connectivity index (χ4n) is 2.03. The van der Waals surface area contributed by atoms with E-state index in [1.807, 2.05) is 38.1 Å². The van der Waals surface area contributed by atoms with Crippen LogP contribution in [0.15, 0.2) is 36.5 Å². The average Bonchev–Trinajstić information content (AvgIpc) is 2.50. The van der Waals surface area contributed by atoms with Crippen LogP contribution in [0.4, 0.5) is 5.69 Å². The van der Waals surface area contributed by atoms with Gasteiger partial charge in [0.1, 0.15) is 0 Å². The van der Waals surface area contributed by atoms with Gasteiger partial charge in [-0.05, 0) is 43.7 Å². The van der Waals surface area contributed by atoms with Crippen molar-refractivity contribution < 1.29 is 14.6 Å². The largest absolute Gasteiger partial charge is 0.504 e. The Kier molecular flexibility index (Phi) is 4.87. The van der Waals surface area contributed by atoms with Crippen LogP contribution in [0.1, 0.15) is 25.5 Å². The number of rotatable bonds is 6. The number of nitrogens with zero attached hydrogens (tertiary/aromatic N) is 1. The molecule has 0 bridgehead atoms. The van der Waals surface area contributed by atoms with Crippen molar-refractivity contribution in [3.63, 3.8) is 0 Å². The van der Waals surface area contributed by atoms with Crippen LogP contribution in [-0.2, 0) is 0 Å². The van der Waals surface area contributed by atoms with E-state index in [-0.39, 0.29) is 11.8 Å². The molecule has 1 unspecified atom stereocenters. The molecule has 0 saturated carbocycles. The number of aromatic hydroxyl groups is 1. The minimum absolute atomic E-state index is 0.0166. The van der Waals surface area contributed by atoms with Gasteiger partial charge in [0.25, 0.3) is 0 Å². The molecule has 2 N–H and O–H groups in total. The van der Waals surface area contributed by atoms with Crippen molar-refractivity contribution in [2.75, 3.05) is 19.0 Å². The van der Waals surface area contributed by atoms with Gasteiger partial charge in [0.15, 0.2) is 11.5 Å². The molecule has 5 heteroatoms. The molecule has 0 saturated heterocycles. The van der Waals surface area contributed by atoms with Crippen molar-refractivity contribution in [3.05, 3.63) is 42.1 Å². The molecule has 112 valence electrons.